The van der Waals surface area contributed by atoms with Crippen molar-refractivity contribution in [3.8, 4) is 0 Å². The minimum absolute atomic E-state index is 0.159. The number of anilines is 1. The molecular weight excluding hydrogens is 417 g/mol. The summed E-state index contributed by atoms with van der Waals surface area (Å²) in [4.78, 5) is 47.8. The minimum atomic E-state index is -4.68. The molecule has 0 aliphatic rings. The monoisotopic (exact) mass is 438 g/mol. The molecule has 0 saturated carbocycles. The zero-order chi connectivity index (χ0) is 23.2. The van der Waals surface area contributed by atoms with E-state index in [4.69, 9.17) is 4.74 Å². The highest BCUT2D eigenvalue weighted by atomic mass is 19.4. The second kappa shape index (κ2) is 10.1. The number of benzene rings is 1. The van der Waals surface area contributed by atoms with Gasteiger partial charge in [-0.3, -0.25) is 19.2 Å². The first-order valence-corrected chi connectivity index (χ1v) is 9.42. The quantitative estimate of drug-likeness (QED) is 0.504. The number of nitrogens with one attached hydrogen (secondary N) is 1. The second-order valence-electron chi connectivity index (χ2n) is 6.75. The van der Waals surface area contributed by atoms with Gasteiger partial charge in [0, 0.05) is 29.9 Å². The molecule has 2 rings (SSSR count). The van der Waals surface area contributed by atoms with Crippen LogP contribution >= 0.6 is 0 Å². The average molecular weight is 438 g/mol. The van der Waals surface area contributed by atoms with E-state index in [-0.39, 0.29) is 11.5 Å². The van der Waals surface area contributed by atoms with Gasteiger partial charge in [0.1, 0.15) is 6.54 Å². The van der Waals surface area contributed by atoms with Gasteiger partial charge in [-0.15, -0.1) is 0 Å². The summed E-state index contributed by atoms with van der Waals surface area (Å²) in [6, 6.07) is 7.27. The number of hydrogen-bond acceptors (Lipinski definition) is 5. The molecule has 31 heavy (non-hydrogen) atoms. The molecule has 166 valence electrons. The van der Waals surface area contributed by atoms with Crippen LogP contribution in [0.2, 0.25) is 0 Å². The fourth-order valence-corrected chi connectivity index (χ4v) is 2.65. The molecule has 1 aromatic heterocycles. The van der Waals surface area contributed by atoms with Crippen molar-refractivity contribution in [1.82, 2.24) is 4.57 Å². The van der Waals surface area contributed by atoms with Crippen LogP contribution in [-0.4, -0.2) is 28.3 Å². The van der Waals surface area contributed by atoms with Gasteiger partial charge in [0.25, 0.3) is 5.56 Å². The molecule has 0 bridgehead atoms. The van der Waals surface area contributed by atoms with E-state index in [0.29, 0.717) is 41.4 Å². The summed E-state index contributed by atoms with van der Waals surface area (Å²) in [5.74, 6) is -1.74. The second-order valence-corrected chi connectivity index (χ2v) is 6.75. The van der Waals surface area contributed by atoms with E-state index in [0.717, 1.165) is 0 Å². The van der Waals surface area contributed by atoms with E-state index in [9.17, 15) is 32.3 Å². The zero-order valence-electron chi connectivity index (χ0n) is 16.9. The summed E-state index contributed by atoms with van der Waals surface area (Å²) >= 11 is 0. The highest BCUT2D eigenvalue weighted by Crippen LogP contribution is 2.28. The molecule has 1 unspecified atom stereocenters. The van der Waals surface area contributed by atoms with E-state index in [1.807, 2.05) is 6.92 Å². The number of hydrogen-bond donors (Lipinski definition) is 1. The number of aromatic nitrogens is 1. The third-order valence-corrected chi connectivity index (χ3v) is 4.22. The largest absolute Gasteiger partial charge is 0.453 e. The lowest BCUT2D eigenvalue weighted by Gasteiger charge is -2.14. The molecule has 0 fully saturated rings. The van der Waals surface area contributed by atoms with Gasteiger partial charge in [-0.1, -0.05) is 6.92 Å². The number of nitrogens with zero attached hydrogens (tertiary/aromatic N) is 1. The van der Waals surface area contributed by atoms with E-state index in [1.165, 1.54) is 31.2 Å². The topological polar surface area (TPSA) is 94.5 Å². The number of Topliss-reactive ketones (excluding diaryl/α,β-unsaturated/α-hetero) is 1. The summed E-state index contributed by atoms with van der Waals surface area (Å²) in [6.07, 6.45) is -4.33. The van der Waals surface area contributed by atoms with Crippen LogP contribution in [0, 0.1) is 0 Å². The molecule has 1 N–H and O–H groups in total. The van der Waals surface area contributed by atoms with Crippen molar-refractivity contribution in [1.29, 1.82) is 0 Å². The number of esters is 1. The van der Waals surface area contributed by atoms with Crippen molar-refractivity contribution >= 4 is 23.3 Å². The summed E-state index contributed by atoms with van der Waals surface area (Å²) in [7, 11) is 0. The third kappa shape index (κ3) is 6.80. The van der Waals surface area contributed by atoms with E-state index in [2.05, 4.69) is 5.32 Å². The lowest BCUT2D eigenvalue weighted by atomic mass is 10.1. The Morgan fingerprint density at radius 1 is 1.10 bits per heavy atom. The van der Waals surface area contributed by atoms with Gasteiger partial charge in [-0.25, -0.2) is 0 Å². The van der Waals surface area contributed by atoms with Gasteiger partial charge in [-0.2, -0.15) is 13.2 Å². The number of carbonyl (C=O) groups is 3. The summed E-state index contributed by atoms with van der Waals surface area (Å²) in [5.41, 5.74) is -1.19. The number of pyridine rings is 1. The number of alkyl halides is 3. The Bertz CT molecular complexity index is 1010. The maximum Gasteiger partial charge on any atom is 0.417 e. The number of rotatable bonds is 8. The minimum Gasteiger partial charge on any atom is -0.453 e. The molecule has 0 spiro atoms. The van der Waals surface area contributed by atoms with E-state index >= 15 is 0 Å². The smallest absolute Gasteiger partial charge is 0.417 e. The van der Waals surface area contributed by atoms with Gasteiger partial charge in [-0.05, 0) is 43.7 Å². The lowest BCUT2D eigenvalue weighted by Crippen LogP contribution is -2.30. The highest BCUT2D eigenvalue weighted by molar-refractivity contribution is 6.00. The first kappa shape index (κ1) is 23.8. The molecule has 1 aromatic carbocycles. The van der Waals surface area contributed by atoms with Crippen LogP contribution in [0.4, 0.5) is 18.9 Å². The third-order valence-electron chi connectivity index (χ3n) is 4.22. The van der Waals surface area contributed by atoms with Gasteiger partial charge < -0.3 is 14.6 Å². The maximum atomic E-state index is 12.8. The number of halogens is 3. The fourth-order valence-electron chi connectivity index (χ4n) is 2.65. The highest BCUT2D eigenvalue weighted by Gasteiger charge is 2.31. The normalized spacial score (nSPS) is 12.2. The van der Waals surface area contributed by atoms with E-state index in [1.54, 1.807) is 0 Å². The molecule has 7 nitrogen and oxygen atoms in total. The van der Waals surface area contributed by atoms with Crippen molar-refractivity contribution in [2.75, 3.05) is 5.32 Å². The van der Waals surface area contributed by atoms with Crippen LogP contribution in [-0.2, 0) is 27.0 Å². The Labute approximate surface area is 175 Å². The summed E-state index contributed by atoms with van der Waals surface area (Å²) < 4.78 is 43.9. The van der Waals surface area contributed by atoms with Gasteiger partial charge in [0.05, 0.1) is 5.56 Å². The SMILES string of the molecule is CCCC(=O)Nc1ccc(C(=O)C(C)OC(=O)Cn2cc(C(F)(F)F)ccc2=O)cc1. The van der Waals surface area contributed by atoms with Crippen molar-refractivity contribution in [2.24, 2.45) is 0 Å². The maximum absolute atomic E-state index is 12.8. The van der Waals surface area contributed by atoms with Crippen molar-refractivity contribution in [3.05, 3.63) is 64.1 Å². The van der Waals surface area contributed by atoms with Gasteiger partial charge in [0.15, 0.2) is 6.10 Å². The fraction of sp³-hybridized carbons (Fsp3) is 0.333. The Morgan fingerprint density at radius 2 is 1.74 bits per heavy atom. The van der Waals surface area contributed by atoms with Crippen molar-refractivity contribution in [2.45, 2.75) is 45.5 Å². The van der Waals surface area contributed by atoms with Gasteiger partial charge in [0.2, 0.25) is 11.7 Å². The summed E-state index contributed by atoms with van der Waals surface area (Å²) in [5, 5.41) is 2.67. The molecule has 1 heterocycles. The van der Waals surface area contributed by atoms with Crippen molar-refractivity contribution < 1.29 is 32.3 Å². The van der Waals surface area contributed by atoms with Crippen LogP contribution in [0.5, 0.6) is 0 Å². The van der Waals surface area contributed by atoms with Crippen LogP contribution in [0.25, 0.3) is 0 Å². The summed E-state index contributed by atoms with van der Waals surface area (Å²) in [6.45, 7) is 2.41. The number of carbonyl (C=O) groups excluding carboxylic acids is 3. The van der Waals surface area contributed by atoms with Gasteiger partial charge >= 0.3 is 12.1 Å². The first-order valence-electron chi connectivity index (χ1n) is 9.42. The zero-order valence-corrected chi connectivity index (χ0v) is 16.9. The van der Waals surface area contributed by atoms with Crippen LogP contribution in [0.1, 0.15) is 42.6 Å². The van der Waals surface area contributed by atoms with Crippen LogP contribution in [0.3, 0.4) is 0 Å². The molecule has 10 heteroatoms. The molecular formula is C21H21F3N2O5. The van der Waals surface area contributed by atoms with E-state index < -0.39 is 41.7 Å². The standard InChI is InChI=1S/C21H21F3N2O5/c1-3-4-17(27)25-16-8-5-14(6-9-16)20(30)13(2)31-19(29)12-26-11-15(21(22,23)24)7-10-18(26)28/h5-11,13H,3-4,12H2,1-2H3,(H,25,27). The predicted octanol–water partition coefficient (Wildman–Crippen LogP) is 3.42. The Kier molecular flexibility index (Phi) is 7.73. The molecule has 2 aromatic rings. The van der Waals surface area contributed by atoms with Crippen LogP contribution in [0.15, 0.2) is 47.4 Å². The molecule has 0 aliphatic heterocycles. The number of ketones is 1. The lowest BCUT2D eigenvalue weighted by molar-refractivity contribution is -0.147. The number of amides is 1. The van der Waals surface area contributed by atoms with Crippen molar-refractivity contribution in [3.63, 3.8) is 0 Å². The Morgan fingerprint density at radius 3 is 2.32 bits per heavy atom. The average Bonchev–Trinajstić information content (AvgIpc) is 2.69. The number of ether oxygens (including phenoxy) is 1. The van der Waals surface area contributed by atoms with Crippen LogP contribution < -0.4 is 10.9 Å². The molecule has 0 aliphatic carbocycles. The predicted molar refractivity (Wildman–Crippen MR) is 106 cm³/mol. The molecule has 0 saturated heterocycles. The first-order chi connectivity index (χ1) is 14.5. The molecule has 1 atom stereocenters. The Hall–Kier alpha value is -3.43. The molecule has 1 amide bonds. The molecule has 0 radical (unpaired) electrons. The Balaban J connectivity index is 2.01.